The molecule has 0 spiro atoms. The van der Waals surface area contributed by atoms with E-state index in [1.165, 1.54) is 5.56 Å². The van der Waals surface area contributed by atoms with Gasteiger partial charge >= 0.3 is 0 Å². The lowest BCUT2D eigenvalue weighted by Gasteiger charge is -2.31. The first-order valence-corrected chi connectivity index (χ1v) is 10.3. The number of aryl methyl sites for hydroxylation is 2. The maximum absolute atomic E-state index is 13.1. The van der Waals surface area contributed by atoms with E-state index in [1.807, 2.05) is 70.2 Å². The Morgan fingerprint density at radius 3 is 2.28 bits per heavy atom. The predicted molar refractivity (Wildman–Crippen MR) is 119 cm³/mol. The predicted octanol–water partition coefficient (Wildman–Crippen LogP) is 4.91. The van der Waals surface area contributed by atoms with Gasteiger partial charge in [-0.3, -0.25) is 9.59 Å². The first kappa shape index (κ1) is 23.0. The quantitative estimate of drug-likeness (QED) is 0.699. The molecule has 5 heteroatoms. The number of nitrogens with zero attached hydrogens (tertiary/aromatic N) is 1. The molecular formula is C24H31ClN2O2. The second kappa shape index (κ2) is 9.93. The van der Waals surface area contributed by atoms with Gasteiger partial charge < -0.3 is 10.2 Å². The SMILES string of the molecule is Cc1ccc(CCC(=O)N(Cc2ccccc2Cl)[C@@H](C)C(=O)NC(C)(C)C)cc1. The minimum Gasteiger partial charge on any atom is -0.350 e. The lowest BCUT2D eigenvalue weighted by molar-refractivity contribution is -0.141. The third-order valence-electron chi connectivity index (χ3n) is 4.71. The Labute approximate surface area is 179 Å². The highest BCUT2D eigenvalue weighted by molar-refractivity contribution is 6.31. The van der Waals surface area contributed by atoms with Crippen molar-refractivity contribution in [3.63, 3.8) is 0 Å². The Morgan fingerprint density at radius 2 is 1.69 bits per heavy atom. The van der Waals surface area contributed by atoms with Crippen molar-refractivity contribution < 1.29 is 9.59 Å². The molecule has 0 aliphatic rings. The van der Waals surface area contributed by atoms with Crippen molar-refractivity contribution in [3.8, 4) is 0 Å². The van der Waals surface area contributed by atoms with Crippen molar-refractivity contribution in [1.29, 1.82) is 0 Å². The number of halogens is 1. The Kier molecular flexibility index (Phi) is 7.86. The molecule has 0 aromatic heterocycles. The van der Waals surface area contributed by atoms with E-state index in [4.69, 9.17) is 11.6 Å². The molecule has 29 heavy (non-hydrogen) atoms. The Balaban J connectivity index is 2.18. The standard InChI is InChI=1S/C24H31ClN2O2/c1-17-10-12-19(13-11-17)14-15-22(28)27(16-20-8-6-7-9-21(20)25)18(2)23(29)26-24(3,4)5/h6-13,18H,14-16H2,1-5H3,(H,26,29)/t18-/m0/s1. The Bertz CT molecular complexity index is 841. The minimum atomic E-state index is -0.601. The van der Waals surface area contributed by atoms with Crippen molar-refractivity contribution in [1.82, 2.24) is 10.2 Å². The van der Waals surface area contributed by atoms with Gasteiger partial charge in [0.15, 0.2) is 0 Å². The van der Waals surface area contributed by atoms with Crippen LogP contribution >= 0.6 is 11.6 Å². The molecule has 0 bridgehead atoms. The maximum Gasteiger partial charge on any atom is 0.242 e. The summed E-state index contributed by atoms with van der Waals surface area (Å²) in [4.78, 5) is 27.5. The van der Waals surface area contributed by atoms with E-state index in [9.17, 15) is 9.59 Å². The molecular weight excluding hydrogens is 384 g/mol. The molecule has 4 nitrogen and oxygen atoms in total. The normalized spacial score (nSPS) is 12.3. The van der Waals surface area contributed by atoms with E-state index < -0.39 is 6.04 Å². The fourth-order valence-corrected chi connectivity index (χ4v) is 3.21. The van der Waals surface area contributed by atoms with Gasteiger partial charge in [-0.1, -0.05) is 59.6 Å². The van der Waals surface area contributed by atoms with Crippen molar-refractivity contribution in [2.75, 3.05) is 0 Å². The third kappa shape index (κ3) is 7.21. The van der Waals surface area contributed by atoms with Crippen molar-refractivity contribution in [2.45, 2.75) is 65.6 Å². The fraction of sp³-hybridized carbons (Fsp3) is 0.417. The summed E-state index contributed by atoms with van der Waals surface area (Å²) >= 11 is 6.31. The summed E-state index contributed by atoms with van der Waals surface area (Å²) in [7, 11) is 0. The summed E-state index contributed by atoms with van der Waals surface area (Å²) < 4.78 is 0. The summed E-state index contributed by atoms with van der Waals surface area (Å²) in [5.74, 6) is -0.240. The maximum atomic E-state index is 13.1. The molecule has 1 N–H and O–H groups in total. The zero-order valence-corrected chi connectivity index (χ0v) is 18.7. The number of carbonyl (C=O) groups is 2. The Morgan fingerprint density at radius 1 is 1.07 bits per heavy atom. The molecule has 2 rings (SSSR count). The molecule has 156 valence electrons. The molecule has 0 radical (unpaired) electrons. The Hall–Kier alpha value is -2.33. The van der Waals surface area contributed by atoms with E-state index in [1.54, 1.807) is 17.9 Å². The molecule has 0 unspecified atom stereocenters. The summed E-state index contributed by atoms with van der Waals surface area (Å²) in [6.45, 7) is 9.88. The van der Waals surface area contributed by atoms with Crippen LogP contribution in [0.4, 0.5) is 0 Å². The zero-order valence-electron chi connectivity index (χ0n) is 18.0. The molecule has 0 aliphatic carbocycles. The van der Waals surface area contributed by atoms with Gasteiger partial charge in [-0.25, -0.2) is 0 Å². The lowest BCUT2D eigenvalue weighted by atomic mass is 10.1. The largest absolute Gasteiger partial charge is 0.350 e. The van der Waals surface area contributed by atoms with Crippen LogP contribution < -0.4 is 5.32 Å². The van der Waals surface area contributed by atoms with Gasteiger partial charge in [0, 0.05) is 23.5 Å². The van der Waals surface area contributed by atoms with Gasteiger partial charge in [0.25, 0.3) is 0 Å². The summed E-state index contributed by atoms with van der Waals surface area (Å²) in [6, 6.07) is 15.0. The number of benzene rings is 2. The van der Waals surface area contributed by atoms with E-state index in [0.29, 0.717) is 24.4 Å². The van der Waals surface area contributed by atoms with Crippen LogP contribution in [0.15, 0.2) is 48.5 Å². The molecule has 0 heterocycles. The van der Waals surface area contributed by atoms with Crippen LogP contribution in [0, 0.1) is 6.92 Å². The topological polar surface area (TPSA) is 49.4 Å². The van der Waals surface area contributed by atoms with Gasteiger partial charge in [-0.05, 0) is 58.2 Å². The van der Waals surface area contributed by atoms with Crippen LogP contribution in [0.5, 0.6) is 0 Å². The number of amides is 2. The van der Waals surface area contributed by atoms with Crippen LogP contribution in [-0.2, 0) is 22.6 Å². The zero-order chi connectivity index (χ0) is 21.6. The molecule has 2 amide bonds. The summed E-state index contributed by atoms with van der Waals surface area (Å²) in [6.07, 6.45) is 0.965. The first-order chi connectivity index (χ1) is 13.6. The molecule has 1 atom stereocenters. The summed E-state index contributed by atoms with van der Waals surface area (Å²) in [5.41, 5.74) is 2.75. The summed E-state index contributed by atoms with van der Waals surface area (Å²) in [5, 5.41) is 3.56. The monoisotopic (exact) mass is 414 g/mol. The van der Waals surface area contributed by atoms with Gasteiger partial charge in [0.2, 0.25) is 11.8 Å². The number of rotatable bonds is 7. The molecule has 0 aliphatic heterocycles. The highest BCUT2D eigenvalue weighted by Gasteiger charge is 2.28. The van der Waals surface area contributed by atoms with Crippen molar-refractivity contribution >= 4 is 23.4 Å². The van der Waals surface area contributed by atoms with Gasteiger partial charge in [-0.2, -0.15) is 0 Å². The van der Waals surface area contributed by atoms with Gasteiger partial charge in [-0.15, -0.1) is 0 Å². The third-order valence-corrected chi connectivity index (χ3v) is 5.08. The molecule has 0 saturated carbocycles. The molecule has 2 aromatic rings. The second-order valence-corrected chi connectivity index (χ2v) is 8.92. The molecule has 0 fully saturated rings. The van der Waals surface area contributed by atoms with Crippen LogP contribution in [0.25, 0.3) is 0 Å². The number of nitrogens with one attached hydrogen (secondary N) is 1. The lowest BCUT2D eigenvalue weighted by Crippen LogP contribution is -2.52. The van der Waals surface area contributed by atoms with E-state index in [2.05, 4.69) is 5.32 Å². The molecule has 2 aromatic carbocycles. The second-order valence-electron chi connectivity index (χ2n) is 8.51. The number of carbonyl (C=O) groups excluding carboxylic acids is 2. The van der Waals surface area contributed by atoms with Crippen LogP contribution in [0.2, 0.25) is 5.02 Å². The smallest absolute Gasteiger partial charge is 0.242 e. The van der Waals surface area contributed by atoms with Crippen molar-refractivity contribution in [2.24, 2.45) is 0 Å². The van der Waals surface area contributed by atoms with Gasteiger partial charge in [0.1, 0.15) is 6.04 Å². The van der Waals surface area contributed by atoms with E-state index >= 15 is 0 Å². The van der Waals surface area contributed by atoms with Crippen LogP contribution in [0.1, 0.15) is 50.8 Å². The van der Waals surface area contributed by atoms with Crippen LogP contribution in [0.3, 0.4) is 0 Å². The fourth-order valence-electron chi connectivity index (χ4n) is 3.02. The molecule has 0 saturated heterocycles. The highest BCUT2D eigenvalue weighted by atomic mass is 35.5. The van der Waals surface area contributed by atoms with Crippen LogP contribution in [-0.4, -0.2) is 28.3 Å². The minimum absolute atomic E-state index is 0.0675. The average Bonchev–Trinajstić information content (AvgIpc) is 2.65. The highest BCUT2D eigenvalue weighted by Crippen LogP contribution is 2.20. The van der Waals surface area contributed by atoms with Crippen molar-refractivity contribution in [3.05, 3.63) is 70.2 Å². The van der Waals surface area contributed by atoms with E-state index in [-0.39, 0.29) is 17.4 Å². The average molecular weight is 415 g/mol. The number of hydrogen-bond acceptors (Lipinski definition) is 2. The van der Waals surface area contributed by atoms with E-state index in [0.717, 1.165) is 11.1 Å². The first-order valence-electron chi connectivity index (χ1n) is 9.97. The number of hydrogen-bond donors (Lipinski definition) is 1. The van der Waals surface area contributed by atoms with Gasteiger partial charge in [0.05, 0.1) is 0 Å².